The van der Waals surface area contributed by atoms with Gasteiger partial charge >= 0.3 is 0 Å². The summed E-state index contributed by atoms with van der Waals surface area (Å²) >= 11 is 0. The number of nitrogens with zero attached hydrogens (tertiary/aromatic N) is 4. The first kappa shape index (κ1) is 20.0. The van der Waals surface area contributed by atoms with Crippen molar-refractivity contribution in [1.82, 2.24) is 20.2 Å². The van der Waals surface area contributed by atoms with E-state index in [0.717, 1.165) is 40.9 Å². The number of carbonyl (C=O) groups is 1. The molecule has 9 nitrogen and oxygen atoms in total. The van der Waals surface area contributed by atoms with Crippen LogP contribution in [0.1, 0.15) is 16.1 Å². The molecule has 3 aromatic heterocycles. The van der Waals surface area contributed by atoms with Crippen LogP contribution in [0.3, 0.4) is 0 Å². The SMILES string of the molecule is Cc1ccc2[nH]ncc2c1-c1cc(-c2cccc(N3CCOCC3)n2)nc(C(N)=O)c1N. The first-order chi connectivity index (χ1) is 15.5. The number of benzene rings is 1. The number of pyridine rings is 2. The summed E-state index contributed by atoms with van der Waals surface area (Å²) in [4.78, 5) is 23.7. The molecule has 0 saturated carbocycles. The zero-order valence-electron chi connectivity index (χ0n) is 17.6. The molecule has 0 atom stereocenters. The number of ether oxygens (including phenoxy) is 1. The molecule has 0 unspecified atom stereocenters. The number of amides is 1. The van der Waals surface area contributed by atoms with Gasteiger partial charge < -0.3 is 21.1 Å². The minimum atomic E-state index is -0.688. The molecule has 1 saturated heterocycles. The van der Waals surface area contributed by atoms with E-state index in [-0.39, 0.29) is 11.4 Å². The molecule has 9 heteroatoms. The number of aromatic nitrogens is 4. The van der Waals surface area contributed by atoms with Gasteiger partial charge in [0.1, 0.15) is 5.82 Å². The molecular formula is C23H23N7O2. The lowest BCUT2D eigenvalue weighted by Gasteiger charge is -2.28. The summed E-state index contributed by atoms with van der Waals surface area (Å²) in [6.45, 7) is 4.85. The summed E-state index contributed by atoms with van der Waals surface area (Å²) in [5, 5.41) is 8.04. The van der Waals surface area contributed by atoms with Crippen LogP contribution in [-0.4, -0.2) is 52.4 Å². The Bertz CT molecular complexity index is 1330. The lowest BCUT2D eigenvalue weighted by molar-refractivity contribution is 0.0996. The second-order valence-electron chi connectivity index (χ2n) is 7.75. The van der Waals surface area contributed by atoms with E-state index in [1.165, 1.54) is 0 Å². The monoisotopic (exact) mass is 429 g/mol. The Morgan fingerprint density at radius 2 is 1.94 bits per heavy atom. The van der Waals surface area contributed by atoms with Crippen molar-refractivity contribution in [1.29, 1.82) is 0 Å². The maximum absolute atomic E-state index is 12.2. The maximum Gasteiger partial charge on any atom is 0.269 e. The van der Waals surface area contributed by atoms with Crippen molar-refractivity contribution < 1.29 is 9.53 Å². The first-order valence-corrected chi connectivity index (χ1v) is 10.4. The van der Waals surface area contributed by atoms with Crippen LogP contribution in [0.5, 0.6) is 0 Å². The summed E-state index contributed by atoms with van der Waals surface area (Å²) < 4.78 is 5.44. The number of hydrogen-bond donors (Lipinski definition) is 3. The Balaban J connectivity index is 1.70. The van der Waals surface area contributed by atoms with Gasteiger partial charge in [-0.05, 0) is 42.3 Å². The molecule has 1 aliphatic heterocycles. The second-order valence-corrected chi connectivity index (χ2v) is 7.75. The van der Waals surface area contributed by atoms with Crippen molar-refractivity contribution in [3.63, 3.8) is 0 Å². The predicted octanol–water partition coefficient (Wildman–Crippen LogP) is 2.51. The Kier molecular flexibility index (Phi) is 4.95. The molecular weight excluding hydrogens is 406 g/mol. The molecule has 32 heavy (non-hydrogen) atoms. The molecule has 1 amide bonds. The number of nitrogen functional groups attached to an aromatic ring is 1. The van der Waals surface area contributed by atoms with E-state index in [2.05, 4.69) is 20.1 Å². The number of carbonyl (C=O) groups excluding carboxylic acids is 1. The molecule has 4 aromatic rings. The van der Waals surface area contributed by atoms with Gasteiger partial charge in [-0.3, -0.25) is 9.89 Å². The Labute approximate surface area is 184 Å². The number of rotatable bonds is 4. The van der Waals surface area contributed by atoms with Gasteiger partial charge in [0.2, 0.25) is 0 Å². The van der Waals surface area contributed by atoms with Crippen LogP contribution >= 0.6 is 0 Å². The molecule has 5 rings (SSSR count). The topological polar surface area (TPSA) is 136 Å². The molecule has 4 heterocycles. The van der Waals surface area contributed by atoms with Gasteiger partial charge in [-0.25, -0.2) is 9.97 Å². The van der Waals surface area contributed by atoms with Crippen molar-refractivity contribution in [3.05, 3.63) is 53.9 Å². The molecule has 162 valence electrons. The highest BCUT2D eigenvalue weighted by atomic mass is 16.5. The van der Waals surface area contributed by atoms with Gasteiger partial charge in [0, 0.05) is 24.0 Å². The van der Waals surface area contributed by atoms with Gasteiger partial charge in [-0.15, -0.1) is 0 Å². The summed E-state index contributed by atoms with van der Waals surface area (Å²) in [5.74, 6) is 0.145. The average molecular weight is 429 g/mol. The quantitative estimate of drug-likeness (QED) is 0.453. The number of nitrogens with two attached hydrogens (primary N) is 2. The molecule has 1 fully saturated rings. The number of primary amides is 1. The van der Waals surface area contributed by atoms with Crippen molar-refractivity contribution in [2.45, 2.75) is 6.92 Å². The molecule has 5 N–H and O–H groups in total. The number of H-pyrrole nitrogens is 1. The van der Waals surface area contributed by atoms with Crippen molar-refractivity contribution in [2.75, 3.05) is 36.9 Å². The van der Waals surface area contributed by atoms with E-state index in [0.29, 0.717) is 30.2 Å². The highest BCUT2D eigenvalue weighted by Crippen LogP contribution is 2.37. The van der Waals surface area contributed by atoms with Gasteiger partial charge in [0.05, 0.1) is 42.0 Å². The molecule has 0 radical (unpaired) electrons. The molecule has 1 aliphatic rings. The van der Waals surface area contributed by atoms with Gasteiger partial charge in [-0.2, -0.15) is 5.10 Å². The number of aromatic amines is 1. The molecule has 0 spiro atoms. The van der Waals surface area contributed by atoms with Crippen LogP contribution in [0.15, 0.2) is 42.6 Å². The fourth-order valence-corrected chi connectivity index (χ4v) is 4.10. The van der Waals surface area contributed by atoms with E-state index >= 15 is 0 Å². The number of anilines is 2. The lowest BCUT2D eigenvalue weighted by Crippen LogP contribution is -2.36. The largest absolute Gasteiger partial charge is 0.396 e. The van der Waals surface area contributed by atoms with Crippen molar-refractivity contribution >= 4 is 28.3 Å². The predicted molar refractivity (Wildman–Crippen MR) is 123 cm³/mol. The summed E-state index contributed by atoms with van der Waals surface area (Å²) in [6.07, 6.45) is 1.75. The van der Waals surface area contributed by atoms with Crippen LogP contribution < -0.4 is 16.4 Å². The van der Waals surface area contributed by atoms with Crippen LogP contribution in [0, 0.1) is 6.92 Å². The zero-order valence-corrected chi connectivity index (χ0v) is 17.6. The molecule has 0 aliphatic carbocycles. The van der Waals surface area contributed by atoms with Gasteiger partial charge in [0.25, 0.3) is 5.91 Å². The fraction of sp³-hybridized carbons (Fsp3) is 0.217. The Morgan fingerprint density at radius 1 is 1.12 bits per heavy atom. The summed E-state index contributed by atoms with van der Waals surface area (Å²) in [6, 6.07) is 11.6. The van der Waals surface area contributed by atoms with E-state index in [4.69, 9.17) is 21.2 Å². The lowest BCUT2D eigenvalue weighted by atomic mass is 9.94. The summed E-state index contributed by atoms with van der Waals surface area (Å²) in [5.41, 5.74) is 16.9. The third-order valence-electron chi connectivity index (χ3n) is 5.73. The minimum Gasteiger partial charge on any atom is -0.396 e. The summed E-state index contributed by atoms with van der Waals surface area (Å²) in [7, 11) is 0. The zero-order chi connectivity index (χ0) is 22.2. The highest BCUT2D eigenvalue weighted by molar-refractivity contribution is 6.05. The van der Waals surface area contributed by atoms with Gasteiger partial charge in [0.15, 0.2) is 5.69 Å². The van der Waals surface area contributed by atoms with E-state index < -0.39 is 5.91 Å². The number of nitrogens with one attached hydrogen (secondary N) is 1. The van der Waals surface area contributed by atoms with Crippen molar-refractivity contribution in [2.24, 2.45) is 5.73 Å². The third kappa shape index (κ3) is 3.42. The van der Waals surface area contributed by atoms with Gasteiger partial charge in [-0.1, -0.05) is 12.1 Å². The maximum atomic E-state index is 12.2. The van der Waals surface area contributed by atoms with Crippen LogP contribution in [0.25, 0.3) is 33.4 Å². The number of morpholine rings is 1. The van der Waals surface area contributed by atoms with E-state index in [9.17, 15) is 4.79 Å². The van der Waals surface area contributed by atoms with Crippen LogP contribution in [0.2, 0.25) is 0 Å². The fourth-order valence-electron chi connectivity index (χ4n) is 4.10. The number of aryl methyl sites for hydroxylation is 1. The standard InChI is InChI=1S/C23H23N7O2/c1-13-5-6-16-15(12-26-29-16)20(13)14-11-18(28-22(21(14)24)23(25)31)17-3-2-4-19(27-17)30-7-9-32-10-8-30/h2-6,11-12H,7-10,24H2,1H3,(H2,25,31)(H,26,29). The normalized spacial score (nSPS) is 14.1. The average Bonchev–Trinajstić information content (AvgIpc) is 3.29. The van der Waals surface area contributed by atoms with E-state index in [1.807, 2.05) is 43.3 Å². The van der Waals surface area contributed by atoms with E-state index in [1.54, 1.807) is 6.20 Å². The van der Waals surface area contributed by atoms with Crippen LogP contribution in [0.4, 0.5) is 11.5 Å². The minimum absolute atomic E-state index is 0.0240. The van der Waals surface area contributed by atoms with Crippen molar-refractivity contribution in [3.8, 4) is 22.5 Å². The Hall–Kier alpha value is -3.98. The second kappa shape index (κ2) is 7.93. The molecule has 1 aromatic carbocycles. The highest BCUT2D eigenvalue weighted by Gasteiger charge is 2.21. The Morgan fingerprint density at radius 3 is 2.72 bits per heavy atom. The number of fused-ring (bicyclic) bond motifs is 1. The third-order valence-corrected chi connectivity index (χ3v) is 5.73. The first-order valence-electron chi connectivity index (χ1n) is 10.4. The molecule has 0 bridgehead atoms. The van der Waals surface area contributed by atoms with Crippen LogP contribution in [-0.2, 0) is 4.74 Å². The smallest absolute Gasteiger partial charge is 0.269 e. The number of hydrogen-bond acceptors (Lipinski definition) is 7.